The van der Waals surface area contributed by atoms with Crippen LogP contribution in [0.25, 0.3) is 0 Å². The van der Waals surface area contributed by atoms with Gasteiger partial charge < -0.3 is 20.5 Å². The Morgan fingerprint density at radius 1 is 1.23 bits per heavy atom. The predicted molar refractivity (Wildman–Crippen MR) is 44.5 cm³/mol. The van der Waals surface area contributed by atoms with Crippen LogP contribution in [0.1, 0.15) is 11.6 Å². The van der Waals surface area contributed by atoms with Gasteiger partial charge in [-0.3, -0.25) is 0 Å². The molecule has 0 spiro atoms. The average molecular weight is 185 g/mol. The molecule has 1 atom stereocenters. The van der Waals surface area contributed by atoms with Crippen molar-refractivity contribution < 1.29 is 20.5 Å². The van der Waals surface area contributed by atoms with Crippen molar-refractivity contribution in [1.82, 2.24) is 5.48 Å². The second kappa shape index (κ2) is 4.08. The third-order valence-electron chi connectivity index (χ3n) is 1.74. The molecule has 0 saturated heterocycles. The maximum absolute atomic E-state index is 9.10. The molecule has 0 bridgehead atoms. The molecule has 1 aromatic rings. The van der Waals surface area contributed by atoms with Gasteiger partial charge >= 0.3 is 0 Å². The maximum Gasteiger partial charge on any atom is 0.157 e. The van der Waals surface area contributed by atoms with Gasteiger partial charge in [0.05, 0.1) is 12.6 Å². The van der Waals surface area contributed by atoms with E-state index in [1.807, 2.05) is 5.48 Å². The molecule has 13 heavy (non-hydrogen) atoms. The first-order valence-corrected chi connectivity index (χ1v) is 3.71. The molecule has 5 nitrogen and oxygen atoms in total. The van der Waals surface area contributed by atoms with Crippen LogP contribution in [0.15, 0.2) is 18.2 Å². The summed E-state index contributed by atoms with van der Waals surface area (Å²) in [4.78, 5) is 0. The molecule has 1 aromatic carbocycles. The maximum atomic E-state index is 9.10. The molecule has 5 heteroatoms. The SMILES string of the molecule is OC[C@H](NO)c1ccc(O)c(O)c1. The molecule has 72 valence electrons. The summed E-state index contributed by atoms with van der Waals surface area (Å²) >= 11 is 0. The van der Waals surface area contributed by atoms with Crippen molar-refractivity contribution in [3.63, 3.8) is 0 Å². The summed E-state index contributed by atoms with van der Waals surface area (Å²) in [6, 6.07) is 3.37. The molecule has 0 fully saturated rings. The smallest absolute Gasteiger partial charge is 0.157 e. The lowest BCUT2D eigenvalue weighted by Gasteiger charge is -2.12. The Morgan fingerprint density at radius 3 is 2.38 bits per heavy atom. The Morgan fingerprint density at radius 2 is 1.92 bits per heavy atom. The number of phenols is 2. The fourth-order valence-corrected chi connectivity index (χ4v) is 0.978. The number of hydrogen-bond acceptors (Lipinski definition) is 5. The van der Waals surface area contributed by atoms with Crippen LogP contribution in [-0.2, 0) is 0 Å². The standard InChI is InChI=1S/C8H11NO4/c10-4-6(9-13)5-1-2-7(11)8(12)3-5/h1-3,6,9-13H,4H2/t6-/m0/s1. The van der Waals surface area contributed by atoms with Crippen LogP contribution in [0.2, 0.25) is 0 Å². The third kappa shape index (κ3) is 2.09. The number of hydroxylamine groups is 1. The number of rotatable bonds is 3. The molecule has 0 unspecified atom stereocenters. The van der Waals surface area contributed by atoms with E-state index in [2.05, 4.69) is 0 Å². The summed E-state index contributed by atoms with van der Waals surface area (Å²) < 4.78 is 0. The van der Waals surface area contributed by atoms with Gasteiger partial charge in [-0.1, -0.05) is 6.07 Å². The van der Waals surface area contributed by atoms with E-state index in [-0.39, 0.29) is 18.1 Å². The molecule has 0 aliphatic heterocycles. The molecule has 0 saturated carbocycles. The summed E-state index contributed by atoms with van der Waals surface area (Å²) in [6.45, 7) is -0.305. The van der Waals surface area contributed by atoms with Gasteiger partial charge in [-0.2, -0.15) is 5.48 Å². The molecule has 0 aliphatic rings. The van der Waals surface area contributed by atoms with E-state index < -0.39 is 6.04 Å². The fraction of sp³-hybridized carbons (Fsp3) is 0.250. The largest absolute Gasteiger partial charge is 0.504 e. The Kier molecular flexibility index (Phi) is 3.07. The zero-order chi connectivity index (χ0) is 9.84. The van der Waals surface area contributed by atoms with Crippen LogP contribution in [-0.4, -0.2) is 27.1 Å². The second-order valence-corrected chi connectivity index (χ2v) is 2.61. The van der Waals surface area contributed by atoms with Crippen molar-refractivity contribution in [2.45, 2.75) is 6.04 Å². The highest BCUT2D eigenvalue weighted by Crippen LogP contribution is 2.27. The minimum absolute atomic E-state index is 0.238. The Balaban J connectivity index is 2.95. The van der Waals surface area contributed by atoms with Gasteiger partial charge in [-0.25, -0.2) is 0 Å². The zero-order valence-corrected chi connectivity index (χ0v) is 6.81. The van der Waals surface area contributed by atoms with Crippen LogP contribution in [0.5, 0.6) is 11.5 Å². The lowest BCUT2D eigenvalue weighted by Crippen LogP contribution is -2.20. The van der Waals surface area contributed by atoms with Crippen LogP contribution >= 0.6 is 0 Å². The molecule has 0 radical (unpaired) electrons. The molecule has 1 rings (SSSR count). The summed E-state index contributed by atoms with van der Waals surface area (Å²) in [6.07, 6.45) is 0. The zero-order valence-electron chi connectivity index (χ0n) is 6.81. The number of nitrogens with one attached hydrogen (secondary N) is 1. The minimum Gasteiger partial charge on any atom is -0.504 e. The average Bonchev–Trinajstić information content (AvgIpc) is 2.13. The number of aliphatic hydroxyl groups excluding tert-OH is 1. The summed E-state index contributed by atoms with van der Waals surface area (Å²) in [7, 11) is 0. The van der Waals surface area contributed by atoms with Crippen LogP contribution in [0.3, 0.4) is 0 Å². The minimum atomic E-state index is -0.661. The first kappa shape index (κ1) is 9.79. The fourth-order valence-electron chi connectivity index (χ4n) is 0.978. The van der Waals surface area contributed by atoms with Crippen LogP contribution < -0.4 is 5.48 Å². The van der Waals surface area contributed by atoms with E-state index in [9.17, 15) is 0 Å². The van der Waals surface area contributed by atoms with Crippen molar-refractivity contribution in [2.24, 2.45) is 0 Å². The third-order valence-corrected chi connectivity index (χ3v) is 1.74. The lowest BCUT2D eigenvalue weighted by molar-refractivity contribution is 0.0905. The summed E-state index contributed by atoms with van der Waals surface area (Å²) in [5.74, 6) is -0.524. The van der Waals surface area contributed by atoms with E-state index in [1.165, 1.54) is 18.2 Å². The lowest BCUT2D eigenvalue weighted by atomic mass is 10.1. The quantitative estimate of drug-likeness (QED) is 0.340. The van der Waals surface area contributed by atoms with Crippen molar-refractivity contribution in [1.29, 1.82) is 0 Å². The van der Waals surface area contributed by atoms with Gasteiger partial charge in [0.25, 0.3) is 0 Å². The number of hydrogen-bond donors (Lipinski definition) is 5. The van der Waals surface area contributed by atoms with E-state index >= 15 is 0 Å². The van der Waals surface area contributed by atoms with Crippen molar-refractivity contribution >= 4 is 0 Å². The molecule has 0 amide bonds. The topological polar surface area (TPSA) is 93.0 Å². The van der Waals surface area contributed by atoms with Crippen LogP contribution in [0.4, 0.5) is 0 Å². The number of aliphatic hydroxyl groups is 1. The van der Waals surface area contributed by atoms with Crippen molar-refractivity contribution in [3.8, 4) is 11.5 Å². The first-order valence-electron chi connectivity index (χ1n) is 3.71. The van der Waals surface area contributed by atoms with E-state index in [4.69, 9.17) is 20.5 Å². The molecular formula is C8H11NO4. The van der Waals surface area contributed by atoms with Gasteiger partial charge in [-0.15, -0.1) is 0 Å². The molecule has 5 N–H and O–H groups in total. The first-order chi connectivity index (χ1) is 6.19. The molecule has 0 aliphatic carbocycles. The second-order valence-electron chi connectivity index (χ2n) is 2.61. The predicted octanol–water partition coefficient (Wildman–Crippen LogP) is 0.110. The van der Waals surface area contributed by atoms with E-state index in [1.54, 1.807) is 0 Å². The molecule has 0 aromatic heterocycles. The number of phenolic OH excluding ortho intramolecular Hbond substituents is 2. The number of aromatic hydroxyl groups is 2. The van der Waals surface area contributed by atoms with E-state index in [0.717, 1.165) is 0 Å². The van der Waals surface area contributed by atoms with Crippen LogP contribution in [0, 0.1) is 0 Å². The normalized spacial score (nSPS) is 12.8. The highest BCUT2D eigenvalue weighted by atomic mass is 16.5. The molecular weight excluding hydrogens is 174 g/mol. The monoisotopic (exact) mass is 185 g/mol. The Labute approximate surface area is 74.8 Å². The highest BCUT2D eigenvalue weighted by molar-refractivity contribution is 5.41. The van der Waals surface area contributed by atoms with Gasteiger partial charge in [-0.05, 0) is 17.7 Å². The summed E-state index contributed by atoms with van der Waals surface area (Å²) in [5.41, 5.74) is 2.36. The van der Waals surface area contributed by atoms with E-state index in [0.29, 0.717) is 5.56 Å². The van der Waals surface area contributed by atoms with Gasteiger partial charge in [0.2, 0.25) is 0 Å². The van der Waals surface area contributed by atoms with Gasteiger partial charge in [0.1, 0.15) is 0 Å². The Bertz CT molecular complexity index is 285. The highest BCUT2D eigenvalue weighted by Gasteiger charge is 2.10. The summed E-state index contributed by atoms with van der Waals surface area (Å²) in [5, 5.41) is 35.4. The van der Waals surface area contributed by atoms with Crippen molar-refractivity contribution in [3.05, 3.63) is 23.8 Å². The Hall–Kier alpha value is -1.30. The van der Waals surface area contributed by atoms with Gasteiger partial charge in [0.15, 0.2) is 11.5 Å². The van der Waals surface area contributed by atoms with Gasteiger partial charge in [0, 0.05) is 0 Å². The van der Waals surface area contributed by atoms with Crippen molar-refractivity contribution in [2.75, 3.05) is 6.61 Å². The molecule has 0 heterocycles. The number of benzene rings is 1.